The van der Waals surface area contributed by atoms with Gasteiger partial charge in [-0.25, -0.2) is 0 Å². The molecule has 0 aliphatic carbocycles. The van der Waals surface area contributed by atoms with Gasteiger partial charge in [0.05, 0.1) is 6.54 Å². The number of likely N-dealkylation sites (N-methyl/N-ethyl adjacent to an activating group) is 1. The van der Waals surface area contributed by atoms with Gasteiger partial charge in [0.1, 0.15) is 5.78 Å². The van der Waals surface area contributed by atoms with E-state index >= 15 is 0 Å². The number of Topliss-reactive ketones (excluding diaryl/α,β-unsaturated/α-hetero) is 1. The van der Waals surface area contributed by atoms with Crippen LogP contribution in [-0.2, 0) is 4.79 Å². The average Bonchev–Trinajstić information content (AvgIpc) is 2.10. The maximum absolute atomic E-state index is 11.3. The van der Waals surface area contributed by atoms with Crippen LogP contribution in [0.25, 0.3) is 0 Å². The first-order valence-corrected chi connectivity index (χ1v) is 4.98. The molecule has 0 atom stereocenters. The molecule has 72 valence electrons. The molecular weight excluding hydrogens is 150 g/mol. The fraction of sp³-hybridized carbons (Fsp3) is 0.900. The van der Waals surface area contributed by atoms with Gasteiger partial charge in [0.25, 0.3) is 0 Å². The van der Waals surface area contributed by atoms with Crippen LogP contribution in [-0.4, -0.2) is 30.3 Å². The van der Waals surface area contributed by atoms with Gasteiger partial charge >= 0.3 is 0 Å². The second kappa shape index (κ2) is 7.29. The molecule has 0 saturated heterocycles. The highest BCUT2D eigenvalue weighted by Gasteiger charge is 2.05. The predicted octanol–water partition coefficient (Wildman–Crippen LogP) is 2.09. The topological polar surface area (TPSA) is 20.3 Å². The Morgan fingerprint density at radius 1 is 1.17 bits per heavy atom. The first kappa shape index (κ1) is 11.6. The highest BCUT2D eigenvalue weighted by molar-refractivity contribution is 5.80. The molecule has 2 nitrogen and oxygen atoms in total. The van der Waals surface area contributed by atoms with Crippen molar-refractivity contribution in [2.45, 2.75) is 40.0 Å². The lowest BCUT2D eigenvalue weighted by molar-refractivity contribution is -0.120. The van der Waals surface area contributed by atoms with Crippen molar-refractivity contribution in [2.24, 2.45) is 0 Å². The molecule has 12 heavy (non-hydrogen) atoms. The Labute approximate surface area is 75.9 Å². The molecule has 0 heterocycles. The van der Waals surface area contributed by atoms with Gasteiger partial charge in [-0.3, -0.25) is 9.69 Å². The fourth-order valence-corrected chi connectivity index (χ4v) is 1.15. The van der Waals surface area contributed by atoms with Crippen LogP contribution in [0.3, 0.4) is 0 Å². The summed E-state index contributed by atoms with van der Waals surface area (Å²) in [6.07, 6.45) is 2.91. The second-order valence-electron chi connectivity index (χ2n) is 3.10. The molecule has 0 spiro atoms. The van der Waals surface area contributed by atoms with Crippen LogP contribution in [0.2, 0.25) is 0 Å². The molecule has 0 aromatic carbocycles. The van der Waals surface area contributed by atoms with Crippen molar-refractivity contribution in [3.8, 4) is 0 Å². The van der Waals surface area contributed by atoms with E-state index in [0.29, 0.717) is 12.3 Å². The van der Waals surface area contributed by atoms with Gasteiger partial charge < -0.3 is 0 Å². The standard InChI is InChI=1S/C10H21NO/c1-4-7-8-10(12)9-11(5-2)6-3/h4-9H2,1-3H3. The molecule has 0 unspecified atom stereocenters. The monoisotopic (exact) mass is 171 g/mol. The molecule has 2 heteroatoms. The second-order valence-corrected chi connectivity index (χ2v) is 3.10. The van der Waals surface area contributed by atoms with Crippen molar-refractivity contribution in [3.05, 3.63) is 0 Å². The van der Waals surface area contributed by atoms with E-state index in [1.807, 2.05) is 0 Å². The number of carbonyl (C=O) groups is 1. The molecule has 0 aliphatic heterocycles. The lowest BCUT2D eigenvalue weighted by atomic mass is 10.2. The van der Waals surface area contributed by atoms with E-state index < -0.39 is 0 Å². The Hall–Kier alpha value is -0.370. The van der Waals surface area contributed by atoms with Gasteiger partial charge in [0.2, 0.25) is 0 Å². The van der Waals surface area contributed by atoms with Crippen LogP contribution in [0.4, 0.5) is 0 Å². The molecule has 0 aromatic rings. The zero-order valence-corrected chi connectivity index (χ0v) is 8.60. The number of rotatable bonds is 7. The van der Waals surface area contributed by atoms with E-state index in [4.69, 9.17) is 0 Å². The first-order chi connectivity index (χ1) is 5.74. The highest BCUT2D eigenvalue weighted by atomic mass is 16.1. The zero-order valence-electron chi connectivity index (χ0n) is 8.60. The van der Waals surface area contributed by atoms with E-state index in [-0.39, 0.29) is 0 Å². The van der Waals surface area contributed by atoms with Crippen molar-refractivity contribution in [1.29, 1.82) is 0 Å². The fourth-order valence-electron chi connectivity index (χ4n) is 1.15. The van der Waals surface area contributed by atoms with Gasteiger partial charge in [-0.05, 0) is 19.5 Å². The van der Waals surface area contributed by atoms with Crippen molar-refractivity contribution in [1.82, 2.24) is 4.90 Å². The lowest BCUT2D eigenvalue weighted by Crippen LogP contribution is -2.29. The maximum atomic E-state index is 11.3. The summed E-state index contributed by atoms with van der Waals surface area (Å²) in [5.74, 6) is 0.389. The third-order valence-electron chi connectivity index (χ3n) is 2.10. The van der Waals surface area contributed by atoms with E-state index in [9.17, 15) is 4.79 Å². The SMILES string of the molecule is CCCCC(=O)CN(CC)CC. The Bertz CT molecular complexity index is 119. The Morgan fingerprint density at radius 3 is 2.17 bits per heavy atom. The Kier molecular flexibility index (Phi) is 7.06. The third kappa shape index (κ3) is 5.30. The summed E-state index contributed by atoms with van der Waals surface area (Å²) < 4.78 is 0. The van der Waals surface area contributed by atoms with Gasteiger partial charge in [-0.1, -0.05) is 27.2 Å². The Morgan fingerprint density at radius 2 is 1.75 bits per heavy atom. The van der Waals surface area contributed by atoms with Gasteiger partial charge in [-0.15, -0.1) is 0 Å². The maximum Gasteiger partial charge on any atom is 0.146 e. The van der Waals surface area contributed by atoms with Crippen molar-refractivity contribution in [2.75, 3.05) is 19.6 Å². The van der Waals surface area contributed by atoms with Crippen LogP contribution in [0, 0.1) is 0 Å². The molecule has 0 aliphatic rings. The van der Waals surface area contributed by atoms with Crippen LogP contribution in [0.5, 0.6) is 0 Å². The molecule has 0 amide bonds. The normalized spacial score (nSPS) is 10.7. The summed E-state index contributed by atoms with van der Waals surface area (Å²) in [7, 11) is 0. The summed E-state index contributed by atoms with van der Waals surface area (Å²) in [5.41, 5.74) is 0. The van der Waals surface area contributed by atoms with Gasteiger partial charge in [0, 0.05) is 6.42 Å². The van der Waals surface area contributed by atoms with E-state index in [0.717, 1.165) is 32.4 Å². The average molecular weight is 171 g/mol. The van der Waals surface area contributed by atoms with E-state index in [1.165, 1.54) is 0 Å². The van der Waals surface area contributed by atoms with Crippen molar-refractivity contribution >= 4 is 5.78 Å². The molecule has 0 rings (SSSR count). The molecule has 0 aromatic heterocycles. The minimum atomic E-state index is 0.389. The summed E-state index contributed by atoms with van der Waals surface area (Å²) in [5, 5.41) is 0. The largest absolute Gasteiger partial charge is 0.298 e. The summed E-state index contributed by atoms with van der Waals surface area (Å²) in [6.45, 7) is 8.91. The summed E-state index contributed by atoms with van der Waals surface area (Å²) in [4.78, 5) is 13.5. The van der Waals surface area contributed by atoms with E-state index in [2.05, 4.69) is 25.7 Å². The van der Waals surface area contributed by atoms with Crippen molar-refractivity contribution < 1.29 is 4.79 Å². The number of hydrogen-bond donors (Lipinski definition) is 0. The van der Waals surface area contributed by atoms with Crippen molar-refractivity contribution in [3.63, 3.8) is 0 Å². The highest BCUT2D eigenvalue weighted by Crippen LogP contribution is 1.97. The first-order valence-electron chi connectivity index (χ1n) is 4.98. The molecule has 0 fully saturated rings. The molecule has 0 radical (unpaired) electrons. The predicted molar refractivity (Wildman–Crippen MR) is 52.3 cm³/mol. The van der Waals surface area contributed by atoms with Crippen LogP contribution >= 0.6 is 0 Å². The summed E-state index contributed by atoms with van der Waals surface area (Å²) >= 11 is 0. The minimum absolute atomic E-state index is 0.389. The van der Waals surface area contributed by atoms with Gasteiger partial charge in [-0.2, -0.15) is 0 Å². The third-order valence-corrected chi connectivity index (χ3v) is 2.10. The quantitative estimate of drug-likeness (QED) is 0.584. The molecule has 0 N–H and O–H groups in total. The molecular formula is C10H21NO. The van der Waals surface area contributed by atoms with Crippen LogP contribution < -0.4 is 0 Å². The smallest absolute Gasteiger partial charge is 0.146 e. The van der Waals surface area contributed by atoms with Gasteiger partial charge in [0.15, 0.2) is 0 Å². The van der Waals surface area contributed by atoms with Crippen LogP contribution in [0.1, 0.15) is 40.0 Å². The molecule has 0 bridgehead atoms. The number of ketones is 1. The number of nitrogens with zero attached hydrogens (tertiary/aromatic N) is 1. The zero-order chi connectivity index (χ0) is 9.40. The lowest BCUT2D eigenvalue weighted by Gasteiger charge is -2.16. The number of hydrogen-bond acceptors (Lipinski definition) is 2. The number of unbranched alkanes of at least 4 members (excludes halogenated alkanes) is 1. The van der Waals surface area contributed by atoms with E-state index in [1.54, 1.807) is 0 Å². The summed E-state index contributed by atoms with van der Waals surface area (Å²) in [6, 6.07) is 0. The Balaban J connectivity index is 3.52. The minimum Gasteiger partial charge on any atom is -0.298 e. The molecule has 0 saturated carbocycles. The number of carbonyl (C=O) groups excluding carboxylic acids is 1. The van der Waals surface area contributed by atoms with Crippen LogP contribution in [0.15, 0.2) is 0 Å².